The first-order valence-corrected chi connectivity index (χ1v) is 8.59. The first-order valence-electron chi connectivity index (χ1n) is 8.59. The minimum Gasteiger partial charge on any atom is -0.507 e. The number of carbonyl (C=O) groups is 1. The normalized spacial score (nSPS) is 11.6. The molecule has 1 N–H and O–H groups in total. The van der Waals surface area contributed by atoms with E-state index in [0.717, 1.165) is 18.3 Å². The fraction of sp³-hybridized carbons (Fsp3) is 0.211. The minimum atomic E-state index is -2.15. The van der Waals surface area contributed by atoms with Gasteiger partial charge in [-0.3, -0.25) is 14.5 Å². The van der Waals surface area contributed by atoms with Gasteiger partial charge in [-0.05, 0) is 19.9 Å². The molecule has 0 aliphatic carbocycles. The van der Waals surface area contributed by atoms with Crippen molar-refractivity contribution < 1.29 is 23.4 Å². The van der Waals surface area contributed by atoms with Crippen molar-refractivity contribution >= 4 is 22.0 Å². The highest BCUT2D eigenvalue weighted by Crippen LogP contribution is 2.35. The highest BCUT2D eigenvalue weighted by molar-refractivity contribution is 6.39. The summed E-state index contributed by atoms with van der Waals surface area (Å²) in [5.41, 5.74) is -0.177. The number of phenols is 1. The number of halogens is 2. The standard InChI is InChI=1S/C19H15B2F2N3O3/c1-10(2)26-18(14(23)8-25-26)17-13(4-3-5-24-17)19(20,21)29-16-7-11(22)6-15(28)12(16)9-27/h3-10,28H,1-2H3. The largest absolute Gasteiger partial charge is 0.507 e. The molecule has 0 saturated heterocycles. The lowest BCUT2D eigenvalue weighted by atomic mass is 9.60. The second kappa shape index (κ2) is 7.69. The van der Waals surface area contributed by atoms with Crippen molar-refractivity contribution in [2.45, 2.75) is 25.3 Å². The van der Waals surface area contributed by atoms with E-state index < -0.39 is 22.8 Å². The third-order valence-electron chi connectivity index (χ3n) is 4.17. The van der Waals surface area contributed by atoms with E-state index in [1.54, 1.807) is 13.8 Å². The van der Waals surface area contributed by atoms with Crippen molar-refractivity contribution in [3.8, 4) is 22.9 Å². The molecule has 2 aromatic heterocycles. The first-order chi connectivity index (χ1) is 13.7. The summed E-state index contributed by atoms with van der Waals surface area (Å²) >= 11 is 0. The van der Waals surface area contributed by atoms with Crippen molar-refractivity contribution in [3.63, 3.8) is 0 Å². The molecule has 0 aliphatic heterocycles. The van der Waals surface area contributed by atoms with E-state index in [9.17, 15) is 18.7 Å². The zero-order valence-electron chi connectivity index (χ0n) is 15.6. The van der Waals surface area contributed by atoms with E-state index in [1.807, 2.05) is 0 Å². The highest BCUT2D eigenvalue weighted by atomic mass is 19.1. The summed E-state index contributed by atoms with van der Waals surface area (Å²) in [6.45, 7) is 3.61. The number of pyridine rings is 1. The molecule has 6 nitrogen and oxygen atoms in total. The summed E-state index contributed by atoms with van der Waals surface area (Å²) in [4.78, 5) is 15.5. The second-order valence-corrected chi connectivity index (χ2v) is 6.63. The molecule has 0 fully saturated rings. The average Bonchev–Trinajstić information content (AvgIpc) is 3.03. The number of aromatic nitrogens is 3. The number of rotatable bonds is 6. The lowest BCUT2D eigenvalue weighted by molar-refractivity contribution is 0.111. The number of phenolic OH excluding ortho intramolecular Hbond substituents is 1. The maximum Gasteiger partial charge on any atom is 0.170 e. The Morgan fingerprint density at radius 1 is 1.31 bits per heavy atom. The van der Waals surface area contributed by atoms with Crippen LogP contribution in [0.25, 0.3) is 11.4 Å². The molecule has 0 aliphatic rings. The molecule has 0 amide bonds. The van der Waals surface area contributed by atoms with Crippen LogP contribution in [0.15, 0.2) is 36.7 Å². The molecule has 3 rings (SSSR count). The number of hydrogen-bond donors (Lipinski definition) is 1. The van der Waals surface area contributed by atoms with Crippen molar-refractivity contribution in [2.75, 3.05) is 0 Å². The van der Waals surface area contributed by atoms with E-state index in [1.165, 1.54) is 23.0 Å². The topological polar surface area (TPSA) is 77.2 Å². The van der Waals surface area contributed by atoms with Gasteiger partial charge in [0.25, 0.3) is 0 Å². The van der Waals surface area contributed by atoms with Gasteiger partial charge in [0, 0.05) is 29.9 Å². The van der Waals surface area contributed by atoms with Crippen LogP contribution in [-0.4, -0.2) is 41.8 Å². The van der Waals surface area contributed by atoms with Crippen LogP contribution in [-0.2, 0) is 5.40 Å². The minimum absolute atomic E-state index is 0.0391. The molecule has 29 heavy (non-hydrogen) atoms. The number of nitrogens with zero attached hydrogens (tertiary/aromatic N) is 3. The summed E-state index contributed by atoms with van der Waals surface area (Å²) < 4.78 is 35.1. The molecular formula is C19H15B2F2N3O3. The number of hydrogen-bond acceptors (Lipinski definition) is 5. The molecule has 0 saturated carbocycles. The lowest BCUT2D eigenvalue weighted by Crippen LogP contribution is -2.35. The Labute approximate surface area is 168 Å². The van der Waals surface area contributed by atoms with Crippen LogP contribution in [0.4, 0.5) is 8.78 Å². The Morgan fingerprint density at radius 3 is 2.69 bits per heavy atom. The number of aldehydes is 1. The molecule has 3 aromatic rings. The van der Waals surface area contributed by atoms with Crippen LogP contribution >= 0.6 is 0 Å². The van der Waals surface area contributed by atoms with Gasteiger partial charge in [-0.2, -0.15) is 5.10 Å². The van der Waals surface area contributed by atoms with E-state index in [0.29, 0.717) is 0 Å². The Kier molecular flexibility index (Phi) is 5.46. The molecule has 10 heteroatoms. The van der Waals surface area contributed by atoms with Gasteiger partial charge in [-0.25, -0.2) is 8.78 Å². The van der Waals surface area contributed by atoms with E-state index in [-0.39, 0.29) is 40.6 Å². The number of benzene rings is 1. The lowest BCUT2D eigenvalue weighted by Gasteiger charge is -2.31. The summed E-state index contributed by atoms with van der Waals surface area (Å²) in [5.74, 6) is -2.53. The fourth-order valence-electron chi connectivity index (χ4n) is 2.88. The summed E-state index contributed by atoms with van der Waals surface area (Å²) in [6.07, 6.45) is 2.73. The van der Waals surface area contributed by atoms with Gasteiger partial charge < -0.3 is 9.84 Å². The molecule has 144 valence electrons. The van der Waals surface area contributed by atoms with E-state index in [4.69, 9.17) is 20.4 Å². The third-order valence-corrected chi connectivity index (χ3v) is 4.17. The Hall–Kier alpha value is -3.16. The first kappa shape index (κ1) is 20.6. The molecule has 4 radical (unpaired) electrons. The Balaban J connectivity index is 2.14. The molecule has 0 unspecified atom stereocenters. The molecular weight excluding hydrogens is 378 g/mol. The van der Waals surface area contributed by atoms with Crippen molar-refractivity contribution in [1.29, 1.82) is 0 Å². The SMILES string of the molecule is [B]C([B])(Oc1cc(F)cc(O)c1C=O)c1cccnc1-c1c(F)cnn1C(C)C. The Bertz CT molecular complexity index is 1070. The summed E-state index contributed by atoms with van der Waals surface area (Å²) in [7, 11) is 12.2. The smallest absolute Gasteiger partial charge is 0.170 e. The predicted molar refractivity (Wildman–Crippen MR) is 103 cm³/mol. The summed E-state index contributed by atoms with van der Waals surface area (Å²) in [5, 5.41) is 11.6. The zero-order valence-corrected chi connectivity index (χ0v) is 15.6. The van der Waals surface area contributed by atoms with Crippen LogP contribution in [0.2, 0.25) is 0 Å². The number of ether oxygens (including phenoxy) is 1. The highest BCUT2D eigenvalue weighted by Gasteiger charge is 2.30. The molecule has 0 atom stereocenters. The molecule has 2 heterocycles. The van der Waals surface area contributed by atoms with Gasteiger partial charge >= 0.3 is 0 Å². The van der Waals surface area contributed by atoms with Gasteiger partial charge in [0.2, 0.25) is 0 Å². The number of carbonyl (C=O) groups excluding carboxylic acids is 1. The third kappa shape index (κ3) is 3.87. The van der Waals surface area contributed by atoms with Gasteiger partial charge in [0.15, 0.2) is 12.1 Å². The second-order valence-electron chi connectivity index (χ2n) is 6.63. The molecule has 0 bridgehead atoms. The maximum absolute atomic E-state index is 14.5. The van der Waals surface area contributed by atoms with Crippen LogP contribution in [0, 0.1) is 11.6 Å². The van der Waals surface area contributed by atoms with Gasteiger partial charge in [0.05, 0.1) is 22.9 Å². The van der Waals surface area contributed by atoms with Crippen molar-refractivity contribution in [2.24, 2.45) is 0 Å². The van der Waals surface area contributed by atoms with Crippen LogP contribution in [0.1, 0.15) is 35.8 Å². The zero-order chi connectivity index (χ0) is 21.3. The summed E-state index contributed by atoms with van der Waals surface area (Å²) in [6, 6.07) is 4.37. The van der Waals surface area contributed by atoms with Gasteiger partial charge in [0.1, 0.15) is 38.7 Å². The van der Waals surface area contributed by atoms with Gasteiger partial charge in [-0.15, -0.1) is 0 Å². The van der Waals surface area contributed by atoms with E-state index >= 15 is 0 Å². The maximum atomic E-state index is 14.5. The van der Waals surface area contributed by atoms with Crippen molar-refractivity contribution in [3.05, 3.63) is 59.4 Å². The van der Waals surface area contributed by atoms with Crippen LogP contribution in [0.5, 0.6) is 11.5 Å². The van der Waals surface area contributed by atoms with Crippen molar-refractivity contribution in [1.82, 2.24) is 14.8 Å². The van der Waals surface area contributed by atoms with E-state index in [2.05, 4.69) is 10.1 Å². The fourth-order valence-corrected chi connectivity index (χ4v) is 2.88. The molecule has 0 spiro atoms. The van der Waals surface area contributed by atoms with Crippen LogP contribution in [0.3, 0.4) is 0 Å². The predicted octanol–water partition coefficient (Wildman–Crippen LogP) is 2.85. The van der Waals surface area contributed by atoms with Crippen LogP contribution < -0.4 is 4.74 Å². The van der Waals surface area contributed by atoms with Gasteiger partial charge in [-0.1, -0.05) is 6.07 Å². The average molecular weight is 393 g/mol. The number of aromatic hydroxyl groups is 1. The molecule has 1 aromatic carbocycles. The monoisotopic (exact) mass is 393 g/mol. The quantitative estimate of drug-likeness (QED) is 0.515. The Morgan fingerprint density at radius 2 is 2.03 bits per heavy atom.